The predicted octanol–water partition coefficient (Wildman–Crippen LogP) is 2.19. The van der Waals surface area contributed by atoms with Crippen molar-refractivity contribution in [3.63, 3.8) is 0 Å². The number of hydrazine groups is 1. The van der Waals surface area contributed by atoms with Gasteiger partial charge in [-0.15, -0.1) is 0 Å². The number of methoxy groups -OCH3 is 1. The molecule has 1 saturated heterocycles. The molecular formula is C13H20N2O. The van der Waals surface area contributed by atoms with E-state index in [1.54, 1.807) is 7.11 Å². The van der Waals surface area contributed by atoms with Crippen LogP contribution in [-0.2, 0) is 6.54 Å². The molecule has 3 heteroatoms. The molecule has 0 atom stereocenters. The van der Waals surface area contributed by atoms with Crippen LogP contribution in [0, 0.1) is 0 Å². The van der Waals surface area contributed by atoms with Gasteiger partial charge in [-0.25, -0.2) is 5.01 Å². The first kappa shape index (κ1) is 11.4. The number of rotatable bonds is 4. The van der Waals surface area contributed by atoms with Crippen molar-refractivity contribution in [1.82, 2.24) is 10.4 Å². The first-order chi connectivity index (χ1) is 7.88. The monoisotopic (exact) mass is 220 g/mol. The predicted molar refractivity (Wildman–Crippen MR) is 65.3 cm³/mol. The van der Waals surface area contributed by atoms with Gasteiger partial charge in [-0.05, 0) is 30.5 Å². The third-order valence-electron chi connectivity index (χ3n) is 3.02. The molecule has 0 radical (unpaired) electrons. The molecule has 1 fully saturated rings. The molecule has 1 aromatic carbocycles. The van der Waals surface area contributed by atoms with Crippen molar-refractivity contribution >= 4 is 0 Å². The number of ether oxygens (including phenoxy) is 1. The van der Waals surface area contributed by atoms with Crippen LogP contribution in [-0.4, -0.2) is 25.2 Å². The SMILES string of the molecule is COc1ccc(CNN2CCCCC2)cc1. The molecule has 1 aliphatic heterocycles. The average Bonchev–Trinajstić information content (AvgIpc) is 2.38. The van der Waals surface area contributed by atoms with Gasteiger partial charge in [0.25, 0.3) is 0 Å². The fourth-order valence-electron chi connectivity index (χ4n) is 2.00. The van der Waals surface area contributed by atoms with Crippen LogP contribution in [0.2, 0.25) is 0 Å². The minimum atomic E-state index is 0.907. The van der Waals surface area contributed by atoms with Gasteiger partial charge in [0.2, 0.25) is 0 Å². The van der Waals surface area contributed by atoms with E-state index in [4.69, 9.17) is 4.74 Å². The average molecular weight is 220 g/mol. The molecule has 0 amide bonds. The van der Waals surface area contributed by atoms with E-state index in [1.807, 2.05) is 12.1 Å². The van der Waals surface area contributed by atoms with Gasteiger partial charge in [-0.2, -0.15) is 0 Å². The van der Waals surface area contributed by atoms with Crippen molar-refractivity contribution in [2.75, 3.05) is 20.2 Å². The third kappa shape index (κ3) is 3.22. The fraction of sp³-hybridized carbons (Fsp3) is 0.538. The summed E-state index contributed by atoms with van der Waals surface area (Å²) in [6.45, 7) is 3.26. The number of hydrogen-bond donors (Lipinski definition) is 1. The van der Waals surface area contributed by atoms with Crippen LogP contribution >= 0.6 is 0 Å². The maximum Gasteiger partial charge on any atom is 0.118 e. The van der Waals surface area contributed by atoms with E-state index in [9.17, 15) is 0 Å². The second-order valence-electron chi connectivity index (χ2n) is 4.23. The highest BCUT2D eigenvalue weighted by Crippen LogP contribution is 2.12. The number of benzene rings is 1. The molecule has 1 aromatic rings. The van der Waals surface area contributed by atoms with Gasteiger partial charge < -0.3 is 4.74 Å². The van der Waals surface area contributed by atoms with E-state index in [-0.39, 0.29) is 0 Å². The van der Waals surface area contributed by atoms with Crippen LogP contribution in [0.5, 0.6) is 5.75 Å². The van der Waals surface area contributed by atoms with Crippen LogP contribution in [0.15, 0.2) is 24.3 Å². The van der Waals surface area contributed by atoms with Gasteiger partial charge in [0.15, 0.2) is 0 Å². The Labute approximate surface area is 97.4 Å². The van der Waals surface area contributed by atoms with E-state index in [2.05, 4.69) is 22.6 Å². The molecule has 1 heterocycles. The fourth-order valence-corrected chi connectivity index (χ4v) is 2.00. The van der Waals surface area contributed by atoms with E-state index in [0.29, 0.717) is 0 Å². The number of piperidine rings is 1. The Kier molecular flexibility index (Phi) is 4.19. The van der Waals surface area contributed by atoms with Gasteiger partial charge in [0, 0.05) is 19.6 Å². The lowest BCUT2D eigenvalue weighted by Crippen LogP contribution is -2.41. The van der Waals surface area contributed by atoms with E-state index in [1.165, 1.54) is 37.9 Å². The standard InChI is InChI=1S/C13H20N2O/c1-16-13-7-5-12(6-8-13)11-14-15-9-3-2-4-10-15/h5-8,14H,2-4,9-11H2,1H3. The molecule has 0 bridgehead atoms. The van der Waals surface area contributed by atoms with Crippen LogP contribution in [0.4, 0.5) is 0 Å². The summed E-state index contributed by atoms with van der Waals surface area (Å²) in [5.74, 6) is 0.918. The lowest BCUT2D eigenvalue weighted by Gasteiger charge is -2.27. The van der Waals surface area contributed by atoms with E-state index in [0.717, 1.165) is 12.3 Å². The molecule has 1 N–H and O–H groups in total. The molecule has 0 aromatic heterocycles. The zero-order valence-corrected chi connectivity index (χ0v) is 9.91. The normalized spacial score (nSPS) is 17.3. The Hall–Kier alpha value is -1.06. The lowest BCUT2D eigenvalue weighted by atomic mass is 10.2. The second kappa shape index (κ2) is 5.87. The Morgan fingerprint density at radius 2 is 1.81 bits per heavy atom. The van der Waals surface area contributed by atoms with Gasteiger partial charge in [0.05, 0.1) is 7.11 Å². The highest BCUT2D eigenvalue weighted by atomic mass is 16.5. The summed E-state index contributed by atoms with van der Waals surface area (Å²) in [5, 5.41) is 2.33. The summed E-state index contributed by atoms with van der Waals surface area (Å²) in [4.78, 5) is 0. The molecule has 0 spiro atoms. The largest absolute Gasteiger partial charge is 0.497 e. The first-order valence-electron chi connectivity index (χ1n) is 6.00. The smallest absolute Gasteiger partial charge is 0.118 e. The van der Waals surface area contributed by atoms with Crippen molar-refractivity contribution in [2.45, 2.75) is 25.8 Å². The maximum atomic E-state index is 5.13. The van der Waals surface area contributed by atoms with Crippen LogP contribution < -0.4 is 10.2 Å². The van der Waals surface area contributed by atoms with Gasteiger partial charge in [-0.1, -0.05) is 18.6 Å². The van der Waals surface area contributed by atoms with Crippen LogP contribution in [0.3, 0.4) is 0 Å². The van der Waals surface area contributed by atoms with Gasteiger partial charge >= 0.3 is 0 Å². The molecule has 16 heavy (non-hydrogen) atoms. The molecular weight excluding hydrogens is 200 g/mol. The van der Waals surface area contributed by atoms with Crippen LogP contribution in [0.1, 0.15) is 24.8 Å². The van der Waals surface area contributed by atoms with Gasteiger partial charge in [0.1, 0.15) is 5.75 Å². The summed E-state index contributed by atoms with van der Waals surface area (Å²) in [6, 6.07) is 8.23. The summed E-state index contributed by atoms with van der Waals surface area (Å²) in [5.41, 5.74) is 4.77. The Morgan fingerprint density at radius 1 is 1.12 bits per heavy atom. The zero-order chi connectivity index (χ0) is 11.2. The Bertz CT molecular complexity index is 304. The molecule has 3 nitrogen and oxygen atoms in total. The number of hydrogen-bond acceptors (Lipinski definition) is 3. The highest BCUT2D eigenvalue weighted by molar-refractivity contribution is 5.26. The van der Waals surface area contributed by atoms with Gasteiger partial charge in [-0.3, -0.25) is 5.43 Å². The zero-order valence-electron chi connectivity index (χ0n) is 9.91. The molecule has 88 valence electrons. The highest BCUT2D eigenvalue weighted by Gasteiger charge is 2.08. The van der Waals surface area contributed by atoms with Crippen molar-refractivity contribution in [2.24, 2.45) is 0 Å². The quantitative estimate of drug-likeness (QED) is 0.841. The topological polar surface area (TPSA) is 24.5 Å². The van der Waals surface area contributed by atoms with Crippen molar-refractivity contribution < 1.29 is 4.74 Å². The molecule has 0 aliphatic carbocycles. The van der Waals surface area contributed by atoms with Crippen molar-refractivity contribution in [3.8, 4) is 5.75 Å². The summed E-state index contributed by atoms with van der Waals surface area (Å²) < 4.78 is 5.13. The minimum Gasteiger partial charge on any atom is -0.497 e. The number of nitrogens with zero attached hydrogens (tertiary/aromatic N) is 1. The maximum absolute atomic E-state index is 5.13. The molecule has 0 saturated carbocycles. The molecule has 1 aliphatic rings. The second-order valence-corrected chi connectivity index (χ2v) is 4.23. The third-order valence-corrected chi connectivity index (χ3v) is 3.02. The Balaban J connectivity index is 1.79. The number of nitrogens with one attached hydrogen (secondary N) is 1. The van der Waals surface area contributed by atoms with E-state index >= 15 is 0 Å². The van der Waals surface area contributed by atoms with E-state index < -0.39 is 0 Å². The summed E-state index contributed by atoms with van der Waals surface area (Å²) >= 11 is 0. The minimum absolute atomic E-state index is 0.907. The Morgan fingerprint density at radius 3 is 2.44 bits per heavy atom. The summed E-state index contributed by atoms with van der Waals surface area (Å²) in [7, 11) is 1.70. The molecule has 2 rings (SSSR count). The lowest BCUT2D eigenvalue weighted by molar-refractivity contribution is 0.151. The van der Waals surface area contributed by atoms with Crippen LogP contribution in [0.25, 0.3) is 0 Å². The summed E-state index contributed by atoms with van der Waals surface area (Å²) in [6.07, 6.45) is 4.01. The molecule has 0 unspecified atom stereocenters. The van der Waals surface area contributed by atoms with Crippen molar-refractivity contribution in [3.05, 3.63) is 29.8 Å². The van der Waals surface area contributed by atoms with Crippen molar-refractivity contribution in [1.29, 1.82) is 0 Å². The first-order valence-corrected chi connectivity index (χ1v) is 6.00.